The highest BCUT2D eigenvalue weighted by molar-refractivity contribution is 7.09. The molecule has 0 aromatic carbocycles. The van der Waals surface area contributed by atoms with E-state index in [9.17, 15) is 0 Å². The van der Waals surface area contributed by atoms with Crippen LogP contribution in [0, 0.1) is 5.92 Å². The van der Waals surface area contributed by atoms with Crippen molar-refractivity contribution in [2.45, 2.75) is 43.9 Å². The molecule has 2 saturated heterocycles. The fraction of sp³-hybridized carbons (Fsp3) is 0.692. The molecule has 0 amide bonds. The molecule has 0 saturated carbocycles. The largest absolute Gasteiger partial charge is 0.375 e. The molecule has 2 aliphatic rings. The van der Waals surface area contributed by atoms with Crippen molar-refractivity contribution in [2.75, 3.05) is 7.05 Å². The molecule has 88 valence electrons. The second-order valence-electron chi connectivity index (χ2n) is 4.95. The summed E-state index contributed by atoms with van der Waals surface area (Å²) in [5.74, 6) is 0.728. The minimum absolute atomic E-state index is 0.530. The van der Waals surface area contributed by atoms with Crippen molar-refractivity contribution < 1.29 is 4.74 Å². The van der Waals surface area contributed by atoms with E-state index in [1.54, 1.807) is 0 Å². The Morgan fingerprint density at radius 3 is 3.06 bits per heavy atom. The Hall–Kier alpha value is -0.380. The van der Waals surface area contributed by atoms with E-state index in [0.29, 0.717) is 18.2 Å². The van der Waals surface area contributed by atoms with E-state index in [-0.39, 0.29) is 0 Å². The van der Waals surface area contributed by atoms with Gasteiger partial charge in [0.25, 0.3) is 0 Å². The van der Waals surface area contributed by atoms with Gasteiger partial charge in [-0.3, -0.25) is 0 Å². The van der Waals surface area contributed by atoms with Crippen LogP contribution in [0.2, 0.25) is 0 Å². The summed E-state index contributed by atoms with van der Waals surface area (Å²) in [7, 11) is 2.09. The van der Waals surface area contributed by atoms with Gasteiger partial charge in [0.2, 0.25) is 0 Å². The molecule has 0 aliphatic carbocycles. The molecule has 2 nitrogen and oxygen atoms in total. The minimum atomic E-state index is 0.530. The molecule has 3 rings (SSSR count). The van der Waals surface area contributed by atoms with Crippen molar-refractivity contribution in [3.05, 3.63) is 22.4 Å². The Morgan fingerprint density at radius 1 is 1.56 bits per heavy atom. The summed E-state index contributed by atoms with van der Waals surface area (Å²) in [6.07, 6.45) is 6.08. The second-order valence-corrected chi connectivity index (χ2v) is 5.98. The summed E-state index contributed by atoms with van der Waals surface area (Å²) in [6.45, 7) is 0. The van der Waals surface area contributed by atoms with Crippen LogP contribution < -0.4 is 5.32 Å². The Bertz CT molecular complexity index is 338. The molecule has 4 atom stereocenters. The van der Waals surface area contributed by atoms with Crippen molar-refractivity contribution in [1.29, 1.82) is 0 Å². The van der Waals surface area contributed by atoms with Gasteiger partial charge in [-0.15, -0.1) is 11.3 Å². The number of hydrogen-bond acceptors (Lipinski definition) is 3. The summed E-state index contributed by atoms with van der Waals surface area (Å²) in [6, 6.07) is 4.97. The van der Waals surface area contributed by atoms with Crippen LogP contribution in [-0.4, -0.2) is 25.3 Å². The van der Waals surface area contributed by atoms with E-state index in [2.05, 4.69) is 29.9 Å². The molecule has 1 N–H and O–H groups in total. The van der Waals surface area contributed by atoms with Gasteiger partial charge in [-0.2, -0.15) is 0 Å². The number of rotatable bonds is 4. The van der Waals surface area contributed by atoms with Crippen molar-refractivity contribution in [3.63, 3.8) is 0 Å². The predicted molar refractivity (Wildman–Crippen MR) is 66.9 cm³/mol. The predicted octanol–water partition coefficient (Wildman–Crippen LogP) is 2.45. The molecule has 3 heteroatoms. The lowest BCUT2D eigenvalue weighted by Gasteiger charge is -2.27. The van der Waals surface area contributed by atoms with Gasteiger partial charge in [0.15, 0.2) is 0 Å². The highest BCUT2D eigenvalue weighted by Crippen LogP contribution is 2.41. The monoisotopic (exact) mass is 237 g/mol. The lowest BCUT2D eigenvalue weighted by atomic mass is 9.82. The van der Waals surface area contributed by atoms with Crippen LogP contribution >= 0.6 is 11.3 Å². The Balaban J connectivity index is 1.67. The van der Waals surface area contributed by atoms with Crippen LogP contribution in [0.15, 0.2) is 17.5 Å². The molecule has 1 aromatic heterocycles. The third kappa shape index (κ3) is 1.92. The number of fused-ring (bicyclic) bond motifs is 2. The molecule has 16 heavy (non-hydrogen) atoms. The third-order valence-electron chi connectivity index (χ3n) is 4.04. The number of hydrogen-bond donors (Lipinski definition) is 1. The topological polar surface area (TPSA) is 21.3 Å². The zero-order chi connectivity index (χ0) is 11.0. The molecule has 0 spiro atoms. The molecular weight excluding hydrogens is 218 g/mol. The molecule has 3 heterocycles. The smallest absolute Gasteiger partial charge is 0.0623 e. The van der Waals surface area contributed by atoms with E-state index in [1.807, 2.05) is 11.3 Å². The fourth-order valence-corrected chi connectivity index (χ4v) is 3.98. The van der Waals surface area contributed by atoms with Crippen LogP contribution in [-0.2, 0) is 11.2 Å². The van der Waals surface area contributed by atoms with E-state index < -0.39 is 0 Å². The first kappa shape index (κ1) is 10.8. The highest BCUT2D eigenvalue weighted by atomic mass is 32.1. The van der Waals surface area contributed by atoms with Crippen molar-refractivity contribution in [1.82, 2.24) is 5.32 Å². The van der Waals surface area contributed by atoms with Crippen LogP contribution in [0.5, 0.6) is 0 Å². The molecule has 2 bridgehead atoms. The summed E-state index contributed by atoms with van der Waals surface area (Å²) < 4.78 is 5.95. The van der Waals surface area contributed by atoms with E-state index in [1.165, 1.54) is 24.1 Å². The Kier molecular flexibility index (Phi) is 3.01. The first-order valence-electron chi connectivity index (χ1n) is 6.22. The fourth-order valence-electron chi connectivity index (χ4n) is 3.21. The second kappa shape index (κ2) is 4.47. The Labute approximate surface area is 101 Å². The van der Waals surface area contributed by atoms with Gasteiger partial charge in [-0.25, -0.2) is 0 Å². The molecule has 1 aromatic rings. The minimum Gasteiger partial charge on any atom is -0.375 e. The molecular formula is C13H19NOS. The van der Waals surface area contributed by atoms with Gasteiger partial charge < -0.3 is 10.1 Å². The molecule has 2 fully saturated rings. The number of nitrogens with one attached hydrogen (secondary N) is 1. The normalized spacial score (nSPS) is 34.4. The quantitative estimate of drug-likeness (QED) is 0.868. The summed E-state index contributed by atoms with van der Waals surface area (Å²) >= 11 is 1.86. The standard InChI is InChI=1S/C13H19NOS/c1-14-12(8-10-3-2-6-16-10)11-7-9-4-5-13(11)15-9/h2-3,6,9,11-14H,4-5,7-8H2,1H3. The first-order valence-corrected chi connectivity index (χ1v) is 7.10. The molecule has 0 radical (unpaired) electrons. The zero-order valence-electron chi connectivity index (χ0n) is 9.69. The van der Waals surface area contributed by atoms with Crippen LogP contribution in [0.4, 0.5) is 0 Å². The number of thiophene rings is 1. The van der Waals surface area contributed by atoms with Gasteiger partial charge in [0.05, 0.1) is 12.2 Å². The average molecular weight is 237 g/mol. The van der Waals surface area contributed by atoms with Crippen LogP contribution in [0.1, 0.15) is 24.1 Å². The maximum atomic E-state index is 5.95. The van der Waals surface area contributed by atoms with Crippen molar-refractivity contribution in [3.8, 4) is 0 Å². The number of likely N-dealkylation sites (N-methyl/N-ethyl adjacent to an activating group) is 1. The van der Waals surface area contributed by atoms with Gasteiger partial charge in [-0.05, 0) is 44.2 Å². The lowest BCUT2D eigenvalue weighted by molar-refractivity contribution is 0.0864. The van der Waals surface area contributed by atoms with Gasteiger partial charge in [0.1, 0.15) is 0 Å². The van der Waals surface area contributed by atoms with Crippen molar-refractivity contribution in [2.24, 2.45) is 5.92 Å². The SMILES string of the molecule is CNC(Cc1cccs1)C1CC2CCC1O2. The third-order valence-corrected chi connectivity index (χ3v) is 4.94. The maximum Gasteiger partial charge on any atom is 0.0623 e. The number of ether oxygens (including phenoxy) is 1. The van der Waals surface area contributed by atoms with Gasteiger partial charge >= 0.3 is 0 Å². The highest BCUT2D eigenvalue weighted by Gasteiger charge is 2.43. The van der Waals surface area contributed by atoms with E-state index in [0.717, 1.165) is 12.3 Å². The van der Waals surface area contributed by atoms with Crippen LogP contribution in [0.25, 0.3) is 0 Å². The Morgan fingerprint density at radius 2 is 2.50 bits per heavy atom. The summed E-state index contributed by atoms with van der Waals surface area (Å²) in [5, 5.41) is 5.66. The summed E-state index contributed by atoms with van der Waals surface area (Å²) in [5.41, 5.74) is 0. The maximum absolute atomic E-state index is 5.95. The van der Waals surface area contributed by atoms with Crippen LogP contribution in [0.3, 0.4) is 0 Å². The molecule has 4 unspecified atom stereocenters. The van der Waals surface area contributed by atoms with Crippen molar-refractivity contribution >= 4 is 11.3 Å². The molecule has 2 aliphatic heterocycles. The van der Waals surface area contributed by atoms with E-state index >= 15 is 0 Å². The van der Waals surface area contributed by atoms with Gasteiger partial charge in [-0.1, -0.05) is 6.07 Å². The first-order chi connectivity index (χ1) is 7.86. The van der Waals surface area contributed by atoms with E-state index in [4.69, 9.17) is 4.74 Å². The van der Waals surface area contributed by atoms with Gasteiger partial charge in [0, 0.05) is 16.8 Å². The zero-order valence-corrected chi connectivity index (χ0v) is 10.5. The lowest BCUT2D eigenvalue weighted by Crippen LogP contribution is -2.40. The average Bonchev–Trinajstić information content (AvgIpc) is 3.02. The summed E-state index contributed by atoms with van der Waals surface area (Å²) in [4.78, 5) is 1.49.